The van der Waals surface area contributed by atoms with Gasteiger partial charge in [-0.1, -0.05) is 13.8 Å². The smallest absolute Gasteiger partial charge is 0.123 e. The van der Waals surface area contributed by atoms with Crippen LogP contribution >= 0.6 is 0 Å². The molecular formula is C16H23NO3. The van der Waals surface area contributed by atoms with Gasteiger partial charge in [-0.3, -0.25) is 5.32 Å². The van der Waals surface area contributed by atoms with Crippen LogP contribution in [-0.4, -0.2) is 13.2 Å². The SMILES string of the molecule is Cc1ccc(CNC(COCC(C)C)c2ccco2)o1. The molecule has 0 saturated carbocycles. The largest absolute Gasteiger partial charge is 0.468 e. The Morgan fingerprint density at radius 1 is 1.20 bits per heavy atom. The van der Waals surface area contributed by atoms with Crippen molar-refractivity contribution < 1.29 is 13.6 Å². The van der Waals surface area contributed by atoms with Gasteiger partial charge in [-0.15, -0.1) is 0 Å². The molecule has 110 valence electrons. The molecule has 1 atom stereocenters. The van der Waals surface area contributed by atoms with E-state index in [0.29, 0.717) is 19.1 Å². The van der Waals surface area contributed by atoms with Gasteiger partial charge in [0.25, 0.3) is 0 Å². The Labute approximate surface area is 120 Å². The van der Waals surface area contributed by atoms with Crippen molar-refractivity contribution in [3.8, 4) is 0 Å². The van der Waals surface area contributed by atoms with Crippen molar-refractivity contribution in [2.45, 2.75) is 33.4 Å². The predicted molar refractivity (Wildman–Crippen MR) is 77.4 cm³/mol. The zero-order valence-electron chi connectivity index (χ0n) is 12.4. The predicted octanol–water partition coefficient (Wildman–Crippen LogP) is 3.68. The highest BCUT2D eigenvalue weighted by Gasteiger charge is 2.15. The van der Waals surface area contributed by atoms with Gasteiger partial charge in [0.15, 0.2) is 0 Å². The summed E-state index contributed by atoms with van der Waals surface area (Å²) in [5.74, 6) is 3.26. The van der Waals surface area contributed by atoms with Crippen LogP contribution in [0.3, 0.4) is 0 Å². The van der Waals surface area contributed by atoms with E-state index in [4.69, 9.17) is 13.6 Å². The Bertz CT molecular complexity index is 488. The Balaban J connectivity index is 1.89. The summed E-state index contributed by atoms with van der Waals surface area (Å²) in [5.41, 5.74) is 0. The third kappa shape index (κ3) is 4.54. The molecule has 0 amide bonds. The van der Waals surface area contributed by atoms with E-state index in [0.717, 1.165) is 23.9 Å². The summed E-state index contributed by atoms with van der Waals surface area (Å²) < 4.78 is 16.8. The van der Waals surface area contributed by atoms with Crippen LogP contribution in [0.4, 0.5) is 0 Å². The first kappa shape index (κ1) is 14.9. The molecule has 2 aromatic heterocycles. The molecule has 1 unspecified atom stereocenters. The van der Waals surface area contributed by atoms with Crippen molar-refractivity contribution in [3.05, 3.63) is 47.8 Å². The first-order valence-electron chi connectivity index (χ1n) is 7.05. The van der Waals surface area contributed by atoms with E-state index in [1.165, 1.54) is 0 Å². The van der Waals surface area contributed by atoms with Crippen LogP contribution < -0.4 is 5.32 Å². The highest BCUT2D eigenvalue weighted by atomic mass is 16.5. The number of ether oxygens (including phenoxy) is 1. The summed E-state index contributed by atoms with van der Waals surface area (Å²) in [6, 6.07) is 7.84. The first-order valence-corrected chi connectivity index (χ1v) is 7.05. The zero-order valence-corrected chi connectivity index (χ0v) is 12.4. The quantitative estimate of drug-likeness (QED) is 0.799. The summed E-state index contributed by atoms with van der Waals surface area (Å²) in [6.45, 7) is 8.22. The van der Waals surface area contributed by atoms with Crippen LogP contribution in [-0.2, 0) is 11.3 Å². The van der Waals surface area contributed by atoms with Crippen molar-refractivity contribution >= 4 is 0 Å². The molecule has 20 heavy (non-hydrogen) atoms. The van der Waals surface area contributed by atoms with E-state index < -0.39 is 0 Å². The molecule has 2 aromatic rings. The second-order valence-corrected chi connectivity index (χ2v) is 5.39. The van der Waals surface area contributed by atoms with Gasteiger partial charge in [0.05, 0.1) is 25.5 Å². The van der Waals surface area contributed by atoms with Crippen LogP contribution in [0.2, 0.25) is 0 Å². The fourth-order valence-corrected chi connectivity index (χ4v) is 1.96. The molecule has 0 aliphatic rings. The molecule has 2 heterocycles. The average Bonchev–Trinajstić information content (AvgIpc) is 3.04. The molecule has 0 aliphatic heterocycles. The fourth-order valence-electron chi connectivity index (χ4n) is 1.96. The zero-order chi connectivity index (χ0) is 14.4. The maximum absolute atomic E-state index is 5.72. The maximum atomic E-state index is 5.72. The average molecular weight is 277 g/mol. The van der Waals surface area contributed by atoms with Crippen molar-refractivity contribution in [2.24, 2.45) is 5.92 Å². The van der Waals surface area contributed by atoms with Gasteiger partial charge in [0.2, 0.25) is 0 Å². The van der Waals surface area contributed by atoms with E-state index >= 15 is 0 Å². The fraction of sp³-hybridized carbons (Fsp3) is 0.500. The number of aryl methyl sites for hydroxylation is 1. The molecule has 0 spiro atoms. The van der Waals surface area contributed by atoms with Gasteiger partial charge in [-0.05, 0) is 37.1 Å². The van der Waals surface area contributed by atoms with Crippen LogP contribution in [0.1, 0.15) is 37.2 Å². The number of rotatable bonds is 8. The lowest BCUT2D eigenvalue weighted by Crippen LogP contribution is -2.25. The molecule has 2 rings (SSSR count). The molecule has 0 saturated heterocycles. The van der Waals surface area contributed by atoms with Gasteiger partial charge in [-0.25, -0.2) is 0 Å². The summed E-state index contributed by atoms with van der Waals surface area (Å²) in [7, 11) is 0. The Hall–Kier alpha value is -1.52. The number of hydrogen-bond donors (Lipinski definition) is 1. The topological polar surface area (TPSA) is 47.5 Å². The molecule has 1 N–H and O–H groups in total. The van der Waals surface area contributed by atoms with E-state index in [-0.39, 0.29) is 6.04 Å². The lowest BCUT2D eigenvalue weighted by molar-refractivity contribution is 0.0839. The van der Waals surface area contributed by atoms with E-state index in [9.17, 15) is 0 Å². The molecule has 4 nitrogen and oxygen atoms in total. The summed E-state index contributed by atoms with van der Waals surface area (Å²) >= 11 is 0. The van der Waals surface area contributed by atoms with E-state index in [1.54, 1.807) is 6.26 Å². The van der Waals surface area contributed by atoms with Crippen molar-refractivity contribution in [2.75, 3.05) is 13.2 Å². The minimum absolute atomic E-state index is 0.0363. The monoisotopic (exact) mass is 277 g/mol. The number of furan rings is 2. The van der Waals surface area contributed by atoms with Crippen molar-refractivity contribution in [1.82, 2.24) is 5.32 Å². The molecule has 0 fully saturated rings. The van der Waals surface area contributed by atoms with Gasteiger partial charge >= 0.3 is 0 Å². The van der Waals surface area contributed by atoms with Gasteiger partial charge in [0, 0.05) is 6.61 Å². The third-order valence-corrected chi connectivity index (χ3v) is 2.94. The molecular weight excluding hydrogens is 254 g/mol. The van der Waals surface area contributed by atoms with Gasteiger partial charge in [0.1, 0.15) is 17.3 Å². The van der Waals surface area contributed by atoms with E-state index in [1.807, 2.05) is 31.2 Å². The lowest BCUT2D eigenvalue weighted by Gasteiger charge is -2.17. The summed E-state index contributed by atoms with van der Waals surface area (Å²) in [6.07, 6.45) is 1.68. The summed E-state index contributed by atoms with van der Waals surface area (Å²) in [5, 5.41) is 3.41. The Morgan fingerprint density at radius 2 is 2.05 bits per heavy atom. The first-order chi connectivity index (χ1) is 9.65. The molecule has 0 radical (unpaired) electrons. The Kier molecular flexibility index (Phi) is 5.44. The number of hydrogen-bond acceptors (Lipinski definition) is 4. The minimum Gasteiger partial charge on any atom is -0.468 e. The molecule has 0 aliphatic carbocycles. The molecule has 0 aromatic carbocycles. The van der Waals surface area contributed by atoms with Crippen LogP contribution in [0.5, 0.6) is 0 Å². The van der Waals surface area contributed by atoms with Crippen LogP contribution in [0.15, 0.2) is 39.4 Å². The second-order valence-electron chi connectivity index (χ2n) is 5.39. The highest BCUT2D eigenvalue weighted by Crippen LogP contribution is 2.16. The van der Waals surface area contributed by atoms with Crippen LogP contribution in [0.25, 0.3) is 0 Å². The van der Waals surface area contributed by atoms with Crippen molar-refractivity contribution in [1.29, 1.82) is 0 Å². The lowest BCUT2D eigenvalue weighted by atomic mass is 10.2. The standard InChI is InChI=1S/C16H23NO3/c1-12(2)10-18-11-15(16-5-4-8-19-16)17-9-14-7-6-13(3)20-14/h4-8,12,15,17H,9-11H2,1-3H3. The van der Waals surface area contributed by atoms with Crippen molar-refractivity contribution in [3.63, 3.8) is 0 Å². The Morgan fingerprint density at radius 3 is 2.65 bits per heavy atom. The summed E-state index contributed by atoms with van der Waals surface area (Å²) in [4.78, 5) is 0. The third-order valence-electron chi connectivity index (χ3n) is 2.94. The van der Waals surface area contributed by atoms with Gasteiger partial charge in [-0.2, -0.15) is 0 Å². The molecule has 4 heteroatoms. The maximum Gasteiger partial charge on any atom is 0.123 e. The van der Waals surface area contributed by atoms with Crippen LogP contribution in [0, 0.1) is 12.8 Å². The number of nitrogens with one attached hydrogen (secondary N) is 1. The van der Waals surface area contributed by atoms with Gasteiger partial charge < -0.3 is 13.6 Å². The molecule has 0 bridgehead atoms. The highest BCUT2D eigenvalue weighted by molar-refractivity contribution is 5.08. The van der Waals surface area contributed by atoms with E-state index in [2.05, 4.69) is 19.2 Å². The second kappa shape index (κ2) is 7.31. The minimum atomic E-state index is 0.0363. The normalized spacial score (nSPS) is 13.0.